The molecule has 0 nitrogen and oxygen atoms in total. The third-order valence-electron chi connectivity index (χ3n) is 2.94. The number of hydrogen-bond acceptors (Lipinski definition) is 0. The molecule has 0 heteroatoms. The average molecular weight is 160 g/mol. The lowest BCUT2D eigenvalue weighted by Gasteiger charge is -2.26. The topological polar surface area (TPSA) is 0 Å². The van der Waals surface area contributed by atoms with Crippen LogP contribution in [0.1, 0.15) is 39.0 Å². The number of rotatable bonds is 0. The highest BCUT2D eigenvalue weighted by atomic mass is 14.2. The minimum absolute atomic E-state index is 1.21. The van der Waals surface area contributed by atoms with E-state index < -0.39 is 0 Å². The molecule has 0 aromatic heterocycles. The molecule has 0 unspecified atom stereocenters. The summed E-state index contributed by atoms with van der Waals surface area (Å²) in [4.78, 5) is 0. The third kappa shape index (κ3) is 1.16. The van der Waals surface area contributed by atoms with Gasteiger partial charge >= 0.3 is 0 Å². The van der Waals surface area contributed by atoms with E-state index in [4.69, 9.17) is 0 Å². The van der Waals surface area contributed by atoms with Gasteiger partial charge in [0.2, 0.25) is 0 Å². The first-order valence-corrected chi connectivity index (χ1v) is 4.86. The van der Waals surface area contributed by atoms with Gasteiger partial charge in [-0.15, -0.1) is 0 Å². The molecular weight excluding hydrogens is 144 g/mol. The predicted octanol–water partition coefficient (Wildman–Crippen LogP) is 3.76. The second-order valence-corrected chi connectivity index (χ2v) is 3.88. The molecule has 0 amide bonds. The fourth-order valence-corrected chi connectivity index (χ4v) is 2.34. The van der Waals surface area contributed by atoms with E-state index in [9.17, 15) is 0 Å². The van der Waals surface area contributed by atoms with E-state index in [-0.39, 0.29) is 0 Å². The zero-order valence-corrected chi connectivity index (χ0v) is 7.82. The van der Waals surface area contributed by atoms with Gasteiger partial charge in [-0.3, -0.25) is 0 Å². The summed E-state index contributed by atoms with van der Waals surface area (Å²) in [5.74, 6) is 0. The van der Waals surface area contributed by atoms with Crippen LogP contribution in [0.5, 0.6) is 0 Å². The molecule has 0 atom stereocenters. The Balaban J connectivity index is 2.41. The Kier molecular flexibility index (Phi) is 1.92. The minimum atomic E-state index is 1.21. The summed E-state index contributed by atoms with van der Waals surface area (Å²) in [7, 11) is 0. The number of allylic oxidation sites excluding steroid dienone is 5. The first-order chi connectivity index (χ1) is 5.79. The quantitative estimate of drug-likeness (QED) is 0.506. The molecule has 0 aromatic carbocycles. The molecule has 12 heavy (non-hydrogen) atoms. The second-order valence-electron chi connectivity index (χ2n) is 3.88. The van der Waals surface area contributed by atoms with Gasteiger partial charge in [0.05, 0.1) is 0 Å². The van der Waals surface area contributed by atoms with Crippen LogP contribution in [0.25, 0.3) is 0 Å². The lowest BCUT2D eigenvalue weighted by atomic mass is 9.79. The maximum Gasteiger partial charge on any atom is -0.0212 e. The van der Waals surface area contributed by atoms with E-state index in [1.165, 1.54) is 43.3 Å². The molecule has 1 fully saturated rings. The second kappa shape index (κ2) is 2.93. The summed E-state index contributed by atoms with van der Waals surface area (Å²) in [6, 6.07) is 0. The molecule has 2 aliphatic carbocycles. The summed E-state index contributed by atoms with van der Waals surface area (Å²) < 4.78 is 0. The van der Waals surface area contributed by atoms with Crippen LogP contribution < -0.4 is 0 Å². The van der Waals surface area contributed by atoms with Crippen molar-refractivity contribution < 1.29 is 0 Å². The SMILES string of the molecule is C=C1CCCC2=CCCC(C)=C12. The molecule has 2 rings (SSSR count). The van der Waals surface area contributed by atoms with Crippen molar-refractivity contribution in [2.75, 3.05) is 0 Å². The fraction of sp³-hybridized carbons (Fsp3) is 0.500. The minimum Gasteiger partial charge on any atom is -0.0952 e. The van der Waals surface area contributed by atoms with E-state index >= 15 is 0 Å². The summed E-state index contributed by atoms with van der Waals surface area (Å²) in [5.41, 5.74) is 6.05. The van der Waals surface area contributed by atoms with Crippen molar-refractivity contribution in [1.82, 2.24) is 0 Å². The average Bonchev–Trinajstić information content (AvgIpc) is 2.04. The maximum atomic E-state index is 4.15. The number of fused-ring (bicyclic) bond motifs is 1. The van der Waals surface area contributed by atoms with E-state index in [0.717, 1.165) is 0 Å². The number of hydrogen-bond donors (Lipinski definition) is 0. The van der Waals surface area contributed by atoms with Crippen molar-refractivity contribution in [3.63, 3.8) is 0 Å². The van der Waals surface area contributed by atoms with Crippen LogP contribution in [0.2, 0.25) is 0 Å². The molecule has 0 aliphatic heterocycles. The Hall–Kier alpha value is -0.780. The van der Waals surface area contributed by atoms with Crippen LogP contribution in [-0.2, 0) is 0 Å². The van der Waals surface area contributed by atoms with E-state index in [1.54, 1.807) is 11.1 Å². The predicted molar refractivity (Wildman–Crippen MR) is 53.0 cm³/mol. The molecule has 0 spiro atoms. The summed E-state index contributed by atoms with van der Waals surface area (Å²) in [6.07, 6.45) is 8.71. The van der Waals surface area contributed by atoms with Crippen molar-refractivity contribution in [1.29, 1.82) is 0 Å². The first kappa shape index (κ1) is 7.85. The van der Waals surface area contributed by atoms with Gasteiger partial charge in [-0.1, -0.05) is 18.2 Å². The molecule has 64 valence electrons. The van der Waals surface area contributed by atoms with Crippen LogP contribution in [0.15, 0.2) is 34.9 Å². The van der Waals surface area contributed by atoms with Crippen molar-refractivity contribution in [2.45, 2.75) is 39.0 Å². The fourth-order valence-electron chi connectivity index (χ4n) is 2.34. The molecular formula is C12H16. The molecule has 0 bridgehead atoms. The highest BCUT2D eigenvalue weighted by molar-refractivity contribution is 5.51. The van der Waals surface area contributed by atoms with Crippen LogP contribution in [-0.4, -0.2) is 0 Å². The van der Waals surface area contributed by atoms with Gasteiger partial charge in [-0.2, -0.15) is 0 Å². The summed E-state index contributed by atoms with van der Waals surface area (Å²) in [6.45, 7) is 6.41. The van der Waals surface area contributed by atoms with Crippen molar-refractivity contribution in [3.05, 3.63) is 34.9 Å². The first-order valence-electron chi connectivity index (χ1n) is 4.86. The Labute approximate surface area is 74.7 Å². The lowest BCUT2D eigenvalue weighted by Crippen LogP contribution is -2.07. The normalized spacial score (nSPS) is 23.8. The van der Waals surface area contributed by atoms with Crippen LogP contribution in [0.4, 0.5) is 0 Å². The Morgan fingerprint density at radius 1 is 1.25 bits per heavy atom. The van der Waals surface area contributed by atoms with Crippen LogP contribution in [0, 0.1) is 0 Å². The largest absolute Gasteiger partial charge is 0.0952 e. The third-order valence-corrected chi connectivity index (χ3v) is 2.94. The lowest BCUT2D eigenvalue weighted by molar-refractivity contribution is 0.744. The molecule has 2 aliphatic rings. The summed E-state index contributed by atoms with van der Waals surface area (Å²) in [5, 5.41) is 0. The molecule has 0 aromatic rings. The van der Waals surface area contributed by atoms with Gasteiger partial charge < -0.3 is 0 Å². The highest BCUT2D eigenvalue weighted by Gasteiger charge is 2.19. The zero-order chi connectivity index (χ0) is 8.55. The smallest absolute Gasteiger partial charge is 0.0212 e. The van der Waals surface area contributed by atoms with Gasteiger partial charge in [0, 0.05) is 0 Å². The van der Waals surface area contributed by atoms with E-state index in [2.05, 4.69) is 19.6 Å². The van der Waals surface area contributed by atoms with Gasteiger partial charge in [0.1, 0.15) is 0 Å². The van der Waals surface area contributed by atoms with Crippen LogP contribution >= 0.6 is 0 Å². The highest BCUT2D eigenvalue weighted by Crippen LogP contribution is 2.38. The Morgan fingerprint density at radius 2 is 2.08 bits per heavy atom. The van der Waals surface area contributed by atoms with Crippen molar-refractivity contribution in [3.8, 4) is 0 Å². The van der Waals surface area contributed by atoms with Crippen molar-refractivity contribution >= 4 is 0 Å². The van der Waals surface area contributed by atoms with Gasteiger partial charge in [-0.25, -0.2) is 0 Å². The molecule has 0 saturated heterocycles. The van der Waals surface area contributed by atoms with Gasteiger partial charge in [0.25, 0.3) is 0 Å². The maximum absolute atomic E-state index is 4.15. The standard InChI is InChI=1S/C12H16/c1-9-5-3-7-11-8-4-6-10(2)12(9)11/h8H,1,3-7H2,2H3. The van der Waals surface area contributed by atoms with Gasteiger partial charge in [-0.05, 0) is 55.7 Å². The summed E-state index contributed by atoms with van der Waals surface area (Å²) >= 11 is 0. The molecule has 0 heterocycles. The molecule has 1 saturated carbocycles. The Morgan fingerprint density at radius 3 is 2.83 bits per heavy atom. The van der Waals surface area contributed by atoms with Crippen LogP contribution in [0.3, 0.4) is 0 Å². The monoisotopic (exact) mass is 160 g/mol. The Bertz CT molecular complexity index is 276. The van der Waals surface area contributed by atoms with E-state index in [0.29, 0.717) is 0 Å². The molecule has 0 radical (unpaired) electrons. The van der Waals surface area contributed by atoms with Crippen molar-refractivity contribution in [2.24, 2.45) is 0 Å². The zero-order valence-electron chi connectivity index (χ0n) is 7.82. The van der Waals surface area contributed by atoms with Gasteiger partial charge in [0.15, 0.2) is 0 Å². The van der Waals surface area contributed by atoms with E-state index in [1.807, 2.05) is 0 Å². The molecule has 0 N–H and O–H groups in total.